The SMILES string of the molecule is Cc1ccc(Pc2cc(C(C)(C)C)cc(C(C)(C)C)c2OCc2ccccc2)c(CN2CCCCC2)c1.Cc1ccc(Pc2cc(C(C)(C)C)cc(C)c2OCc2ccccc2)c(CN2CCCCC2)c1.c1ccc(COc2c(Cc3ccccc3)cccc2Pc2ccccc2CN2CCCCC2)cc1.c1ccc(COc2ccc(Cc3ccccc3)cc2Pc2ccccc2CN2CCCCC2)cc1. The molecule has 0 saturated carbocycles. The zero-order chi connectivity index (χ0) is 98.2. The molecule has 0 N–H and O–H groups in total. The molecule has 8 nitrogen and oxygen atoms in total. The fraction of sp³-hybridized carbons (Fsp3) is 0.349. The summed E-state index contributed by atoms with van der Waals surface area (Å²) < 4.78 is 26.2. The van der Waals surface area contributed by atoms with E-state index < -0.39 is 0 Å². The van der Waals surface area contributed by atoms with Crippen molar-refractivity contribution in [3.63, 3.8) is 0 Å². The standard InChI is InChI=1S/C34H46NOP.2C32H34NOP.C31H40NOP/c1-25-16-17-30(27(20-25)23-35-18-12-9-13-19-35)37-31-22-28(33(2,3)4)21-29(34(5,6)7)32(31)36-24-26-14-10-8-11-15-26;1-4-13-26(14-5-1)23-28-18-12-20-31(32(28)34-25-27-15-6-2-7-16-27)35-30-19-9-8-17-29(30)24-33-21-10-3-11-22-33;1-4-12-26(13-5-1)22-28-18-19-30(34-25-27-14-6-2-7-15-27)32(23-28)35-31-17-9-8-16-29(31)24-33-20-10-3-11-21-33;1-23-14-15-28(26(18-23)21-32-16-10-7-11-17-32)34-29-20-27(31(3,4)5)19-24(2)30(29)33-22-25-12-8-6-9-13-25/h8,10-11,14-17,20-22,37H,9,12-13,18-19,23-24H2,1-7H3;1-2,4-9,12-20,35H,3,10-11,21-25H2;1-2,4-9,12-19,23,35H,3,10-11,20-22,24-25H2;6,8-9,12-15,18-20,34H,7,10-11,16-17,21-22H2,1-5H3. The minimum Gasteiger partial charge on any atom is -0.488 e. The van der Waals surface area contributed by atoms with E-state index >= 15 is 0 Å². The topological polar surface area (TPSA) is 49.9 Å². The van der Waals surface area contributed by atoms with Crippen LogP contribution < -0.4 is 61.4 Å². The van der Waals surface area contributed by atoms with Crippen molar-refractivity contribution >= 4 is 76.8 Å². The maximum absolute atomic E-state index is 6.73. The molecule has 0 aromatic heterocycles. The van der Waals surface area contributed by atoms with Gasteiger partial charge in [-0.1, -0.05) is 437 Å². The second-order valence-electron chi connectivity index (χ2n) is 42.3. The van der Waals surface area contributed by atoms with Gasteiger partial charge in [0.1, 0.15) is 49.4 Å². The quantitative estimate of drug-likeness (QED) is 0.0387. The van der Waals surface area contributed by atoms with Crippen molar-refractivity contribution < 1.29 is 18.9 Å². The average Bonchev–Trinajstić information content (AvgIpc) is 0.775. The Morgan fingerprint density at radius 1 is 0.227 bits per heavy atom. The summed E-state index contributed by atoms with van der Waals surface area (Å²) >= 11 is 0. The van der Waals surface area contributed by atoms with E-state index in [4.69, 9.17) is 18.9 Å². The van der Waals surface area contributed by atoms with E-state index in [2.05, 4.69) is 424 Å². The van der Waals surface area contributed by atoms with Crippen LogP contribution in [-0.2, 0) is 81.7 Å². The minimum atomic E-state index is -0.0174. The fourth-order valence-corrected chi connectivity index (χ4v) is 24.7. The van der Waals surface area contributed by atoms with Crippen LogP contribution >= 0.6 is 34.3 Å². The van der Waals surface area contributed by atoms with Crippen LogP contribution in [0.3, 0.4) is 0 Å². The zero-order valence-corrected chi connectivity index (χ0v) is 90.3. The van der Waals surface area contributed by atoms with Crippen molar-refractivity contribution in [2.24, 2.45) is 0 Å². The van der Waals surface area contributed by atoms with E-state index in [1.807, 2.05) is 6.07 Å². The Morgan fingerprint density at radius 3 is 0.972 bits per heavy atom. The third-order valence-corrected chi connectivity index (χ3v) is 33.1. The highest BCUT2D eigenvalue weighted by molar-refractivity contribution is 7.57. The van der Waals surface area contributed by atoms with Crippen LogP contribution in [0.2, 0.25) is 0 Å². The minimum absolute atomic E-state index is 0.0174. The largest absolute Gasteiger partial charge is 0.488 e. The predicted molar refractivity (Wildman–Crippen MR) is 610 cm³/mol. The van der Waals surface area contributed by atoms with Gasteiger partial charge >= 0.3 is 0 Å². The Bertz CT molecular complexity index is 6130. The molecule has 0 bridgehead atoms. The normalized spacial score (nSPS) is 14.9. The van der Waals surface area contributed by atoms with E-state index in [1.165, 1.54) is 272 Å². The highest BCUT2D eigenvalue weighted by Crippen LogP contribution is 2.40. The van der Waals surface area contributed by atoms with Gasteiger partial charge < -0.3 is 18.9 Å². The summed E-state index contributed by atoms with van der Waals surface area (Å²) in [5, 5.41) is 11.0. The maximum Gasteiger partial charge on any atom is 0.131 e. The lowest BCUT2D eigenvalue weighted by molar-refractivity contribution is 0.221. The molecule has 4 atom stereocenters. The van der Waals surface area contributed by atoms with Gasteiger partial charge in [-0.2, -0.15) is 0 Å². The number of hydrogen-bond donors (Lipinski definition) is 0. The first-order chi connectivity index (χ1) is 68.5. The number of nitrogens with zero attached hydrogens (tertiary/aromatic N) is 4. The molecule has 4 aliphatic rings. The van der Waals surface area contributed by atoms with Crippen molar-refractivity contribution in [1.82, 2.24) is 19.6 Å². The lowest BCUT2D eigenvalue weighted by Crippen LogP contribution is -2.31. The first kappa shape index (κ1) is 105. The van der Waals surface area contributed by atoms with E-state index in [0.29, 0.717) is 60.8 Å². The third-order valence-electron chi connectivity index (χ3n) is 27.5. The molecule has 4 heterocycles. The van der Waals surface area contributed by atoms with Crippen LogP contribution in [0.1, 0.15) is 240 Å². The third kappa shape index (κ3) is 32.7. The number of ether oxygens (including phenoxy) is 4. The van der Waals surface area contributed by atoms with Gasteiger partial charge in [-0.05, 0) is 276 Å². The summed E-state index contributed by atoms with van der Waals surface area (Å²) in [4.78, 5) is 10.5. The molecule has 4 unspecified atom stereocenters. The molecule has 4 saturated heterocycles. The number of likely N-dealkylation sites (tertiary alicyclic amines) is 4. The van der Waals surface area contributed by atoms with E-state index in [9.17, 15) is 0 Å². The molecular formula is C129H154N4O4P4. The van der Waals surface area contributed by atoms with Crippen LogP contribution in [0, 0.1) is 20.8 Å². The van der Waals surface area contributed by atoms with Crippen molar-refractivity contribution in [2.45, 2.75) is 242 Å². The maximum atomic E-state index is 6.73. The van der Waals surface area contributed by atoms with Crippen molar-refractivity contribution in [3.8, 4) is 23.0 Å². The highest BCUT2D eigenvalue weighted by Gasteiger charge is 2.29. The molecular weight excluding hydrogens is 1790 g/mol. The number of piperidine rings is 4. The lowest BCUT2D eigenvalue weighted by atomic mass is 9.80. The van der Waals surface area contributed by atoms with Gasteiger partial charge in [0.2, 0.25) is 0 Å². The van der Waals surface area contributed by atoms with Crippen LogP contribution in [0.5, 0.6) is 23.0 Å². The molecule has 4 aliphatic heterocycles. The molecule has 734 valence electrons. The second kappa shape index (κ2) is 52.9. The molecule has 0 amide bonds. The van der Waals surface area contributed by atoms with Crippen molar-refractivity contribution in [2.75, 3.05) is 52.4 Å². The van der Waals surface area contributed by atoms with Crippen LogP contribution in [-0.4, -0.2) is 72.0 Å². The van der Waals surface area contributed by atoms with Gasteiger partial charge in [0.15, 0.2) is 0 Å². The van der Waals surface area contributed by atoms with Gasteiger partial charge in [0.25, 0.3) is 0 Å². The fourth-order valence-electron chi connectivity index (χ4n) is 19.4. The number of para-hydroxylation sites is 1. The Morgan fingerprint density at radius 2 is 0.553 bits per heavy atom. The Kier molecular flexibility index (Phi) is 39.5. The van der Waals surface area contributed by atoms with Crippen LogP contribution in [0.15, 0.2) is 328 Å². The van der Waals surface area contributed by atoms with E-state index in [-0.39, 0.29) is 16.2 Å². The molecule has 14 aromatic carbocycles. The van der Waals surface area contributed by atoms with Gasteiger partial charge in [0, 0.05) is 59.4 Å². The lowest BCUT2D eigenvalue weighted by Gasteiger charge is -2.30. The first-order valence-electron chi connectivity index (χ1n) is 52.1. The molecule has 18 rings (SSSR count). The Labute approximate surface area is 854 Å². The van der Waals surface area contributed by atoms with E-state index in [0.717, 1.165) is 62.0 Å². The predicted octanol–water partition coefficient (Wildman–Crippen LogP) is 27.5. The number of rotatable bonds is 32. The summed E-state index contributed by atoms with van der Waals surface area (Å²) in [6.07, 6.45) is 17.9. The van der Waals surface area contributed by atoms with E-state index in [1.54, 1.807) is 0 Å². The van der Waals surface area contributed by atoms with Gasteiger partial charge in [-0.15, -0.1) is 0 Å². The van der Waals surface area contributed by atoms with Crippen LogP contribution in [0.25, 0.3) is 0 Å². The summed E-state index contributed by atoms with van der Waals surface area (Å²) in [7, 11) is 2.27. The molecule has 141 heavy (non-hydrogen) atoms. The molecule has 0 radical (unpaired) electrons. The van der Waals surface area contributed by atoms with Crippen molar-refractivity contribution in [3.05, 3.63) is 428 Å². The second-order valence-corrected chi connectivity index (χ2v) is 47.7. The Hall–Kier alpha value is -10.2. The molecule has 14 aromatic rings. The van der Waals surface area contributed by atoms with Crippen LogP contribution in [0.4, 0.5) is 0 Å². The van der Waals surface area contributed by atoms with Gasteiger partial charge in [-0.25, -0.2) is 0 Å². The molecule has 0 spiro atoms. The zero-order valence-electron chi connectivity index (χ0n) is 86.3. The summed E-state index contributed by atoms with van der Waals surface area (Å²) in [5.74, 6) is 4.18. The average molecular weight is 1950 g/mol. The monoisotopic (exact) mass is 1950 g/mol. The molecule has 12 heteroatoms. The molecule has 0 aliphatic carbocycles. The molecule has 4 fully saturated rings. The van der Waals surface area contributed by atoms with Crippen molar-refractivity contribution in [1.29, 1.82) is 0 Å². The first-order valence-corrected chi connectivity index (χ1v) is 56.1. The number of hydrogen-bond acceptors (Lipinski definition) is 8. The van der Waals surface area contributed by atoms with Gasteiger partial charge in [0.05, 0.1) is 0 Å². The highest BCUT2D eigenvalue weighted by atomic mass is 31.1. The number of aryl methyl sites for hydroxylation is 3. The number of benzene rings is 14. The Balaban J connectivity index is 0.000000142. The van der Waals surface area contributed by atoms with Gasteiger partial charge in [-0.3, -0.25) is 19.6 Å². The summed E-state index contributed by atoms with van der Waals surface area (Å²) in [5.41, 5.74) is 24.1. The summed E-state index contributed by atoms with van der Waals surface area (Å²) in [6.45, 7) is 43.7. The smallest absolute Gasteiger partial charge is 0.131 e. The summed E-state index contributed by atoms with van der Waals surface area (Å²) in [6, 6.07) is 118.